The maximum atomic E-state index is 15.0. The number of imidazole rings is 1. The zero-order valence-corrected chi connectivity index (χ0v) is 40.5. The molecule has 1 saturated heterocycles. The summed E-state index contributed by atoms with van der Waals surface area (Å²) in [5.74, 6) is 0.705. The number of aromatic nitrogens is 5. The number of carbonyl (C=O) groups is 3. The minimum Gasteiger partial charge on any atom is -0.493 e. The Kier molecular flexibility index (Phi) is 13.3. The summed E-state index contributed by atoms with van der Waals surface area (Å²) in [6.07, 6.45) is 5.47. The number of hydrogen-bond acceptors (Lipinski definition) is 9. The van der Waals surface area contributed by atoms with Gasteiger partial charge in [-0.3, -0.25) is 14.4 Å². The van der Waals surface area contributed by atoms with Gasteiger partial charge in [-0.15, -0.1) is 0 Å². The number of benzene rings is 4. The standard InChI is InChI=1S/C53H60ClN7O7/c1-32-46(33(2)58(6)57-32)47-42(54)19-18-40-39(14-10-28-66-44-15-9-12-36-11-7-8-13-38(36)44)50(52(65)68-53(4,5)21-20-35-16-17-35)61(49(40)47)27-24-59-22-25-60(26-23-59)45(62)31-67-37-29-41(51(63)64)48-43(30-37)55-34(3)56-48/h7-9,11-13,15,18-19,29-30,35H,10,14,16-17,20-28,31H2,1-6H3,(H,55,56)(H,63,64). The van der Waals surface area contributed by atoms with Crippen molar-refractivity contribution in [3.05, 3.63) is 106 Å². The second-order valence-corrected chi connectivity index (χ2v) is 19.4. The number of fused-ring (bicyclic) bond motifs is 3. The number of aromatic carboxylic acids is 1. The fourth-order valence-electron chi connectivity index (χ4n) is 9.80. The van der Waals surface area contributed by atoms with E-state index in [4.69, 9.17) is 30.9 Å². The summed E-state index contributed by atoms with van der Waals surface area (Å²) in [7, 11) is 1.93. The molecule has 68 heavy (non-hydrogen) atoms. The number of hydrogen-bond donors (Lipinski definition) is 2. The van der Waals surface area contributed by atoms with Gasteiger partial charge in [-0.2, -0.15) is 5.10 Å². The third kappa shape index (κ3) is 9.80. The van der Waals surface area contributed by atoms with E-state index in [1.165, 1.54) is 18.9 Å². The molecule has 2 fully saturated rings. The Labute approximate surface area is 401 Å². The first-order valence-electron chi connectivity index (χ1n) is 23.7. The second kappa shape index (κ2) is 19.3. The van der Waals surface area contributed by atoms with E-state index >= 15 is 4.79 Å². The van der Waals surface area contributed by atoms with E-state index in [0.717, 1.165) is 68.3 Å². The number of amides is 1. The van der Waals surface area contributed by atoms with Crippen molar-refractivity contribution in [1.29, 1.82) is 0 Å². The SMILES string of the molecule is Cc1nc2c(C(=O)O)cc(OCC(=O)N3CCN(CCn4c(C(=O)OC(C)(C)CCC5CC5)c(CCCOc5cccc6ccccc56)c5ccc(Cl)c(-c6c(C)nn(C)c6C)c54)CC3)cc2[nH]1. The van der Waals surface area contributed by atoms with Crippen molar-refractivity contribution < 1.29 is 33.7 Å². The summed E-state index contributed by atoms with van der Waals surface area (Å²) < 4.78 is 22.9. The lowest BCUT2D eigenvalue weighted by atomic mass is 9.98. The highest BCUT2D eigenvalue weighted by Crippen LogP contribution is 2.43. The smallest absolute Gasteiger partial charge is 0.355 e. The average Bonchev–Trinajstić information content (AvgIpc) is 3.92. The van der Waals surface area contributed by atoms with Crippen molar-refractivity contribution in [2.75, 3.05) is 45.9 Å². The molecule has 0 spiro atoms. The molecule has 1 aliphatic heterocycles. The Morgan fingerprint density at radius 3 is 2.41 bits per heavy atom. The molecule has 356 valence electrons. The fourth-order valence-corrected chi connectivity index (χ4v) is 10.0. The molecule has 0 bridgehead atoms. The number of halogens is 1. The van der Waals surface area contributed by atoms with Crippen LogP contribution in [0.15, 0.2) is 66.7 Å². The summed E-state index contributed by atoms with van der Waals surface area (Å²) >= 11 is 7.26. The second-order valence-electron chi connectivity index (χ2n) is 19.0. The van der Waals surface area contributed by atoms with Gasteiger partial charge in [-0.1, -0.05) is 66.9 Å². The van der Waals surface area contributed by atoms with Gasteiger partial charge in [0.2, 0.25) is 0 Å². The highest BCUT2D eigenvalue weighted by atomic mass is 35.5. The number of ether oxygens (including phenoxy) is 3. The highest BCUT2D eigenvalue weighted by Gasteiger charge is 2.34. The van der Waals surface area contributed by atoms with Crippen LogP contribution in [0.4, 0.5) is 0 Å². The quantitative estimate of drug-likeness (QED) is 0.0627. The van der Waals surface area contributed by atoms with Gasteiger partial charge in [0.15, 0.2) is 6.61 Å². The topological polar surface area (TPSA) is 157 Å². The largest absolute Gasteiger partial charge is 0.493 e. The number of nitrogens with one attached hydrogen (secondary N) is 1. The maximum Gasteiger partial charge on any atom is 0.355 e. The molecule has 1 aliphatic carbocycles. The monoisotopic (exact) mass is 941 g/mol. The first kappa shape index (κ1) is 46.7. The molecule has 3 aromatic heterocycles. The number of carboxylic acids is 1. The van der Waals surface area contributed by atoms with Gasteiger partial charge >= 0.3 is 11.9 Å². The van der Waals surface area contributed by atoms with Gasteiger partial charge in [0.05, 0.1) is 33.9 Å². The Bertz CT molecular complexity index is 3040. The number of carbonyl (C=O) groups excluding carboxylic acids is 2. The number of nitrogens with zero attached hydrogens (tertiary/aromatic N) is 6. The number of esters is 1. The fraction of sp³-hybridized carbons (Fsp3) is 0.415. The Balaban J connectivity index is 0.991. The average molecular weight is 943 g/mol. The van der Waals surface area contributed by atoms with Crippen molar-refractivity contribution in [1.82, 2.24) is 34.1 Å². The summed E-state index contributed by atoms with van der Waals surface area (Å²) in [5.41, 5.74) is 6.05. The lowest BCUT2D eigenvalue weighted by Gasteiger charge is -2.35. The van der Waals surface area contributed by atoms with Gasteiger partial charge in [-0.25, -0.2) is 14.6 Å². The maximum absolute atomic E-state index is 15.0. The van der Waals surface area contributed by atoms with Gasteiger partial charge in [0.1, 0.15) is 34.1 Å². The summed E-state index contributed by atoms with van der Waals surface area (Å²) in [6, 6.07) is 21.3. The third-order valence-electron chi connectivity index (χ3n) is 13.7. The molecule has 0 unspecified atom stereocenters. The zero-order chi connectivity index (χ0) is 47.9. The van der Waals surface area contributed by atoms with E-state index in [2.05, 4.69) is 37.6 Å². The highest BCUT2D eigenvalue weighted by molar-refractivity contribution is 6.35. The third-order valence-corrected chi connectivity index (χ3v) is 14.0. The number of H-pyrrole nitrogens is 1. The van der Waals surface area contributed by atoms with Crippen LogP contribution in [0.25, 0.3) is 43.8 Å². The summed E-state index contributed by atoms with van der Waals surface area (Å²) in [4.78, 5) is 51.9. The number of rotatable bonds is 18. The molecule has 4 aromatic carbocycles. The van der Waals surface area contributed by atoms with Crippen molar-refractivity contribution in [3.63, 3.8) is 0 Å². The van der Waals surface area contributed by atoms with Crippen LogP contribution in [0.3, 0.4) is 0 Å². The van der Waals surface area contributed by atoms with Crippen molar-refractivity contribution >= 4 is 62.2 Å². The minimum absolute atomic E-state index is 0.00483. The van der Waals surface area contributed by atoms with Gasteiger partial charge < -0.3 is 33.8 Å². The minimum atomic E-state index is -1.13. The summed E-state index contributed by atoms with van der Waals surface area (Å²) in [6.45, 7) is 13.2. The number of aromatic amines is 1. The number of aryl methyl sites for hydroxylation is 4. The lowest BCUT2D eigenvalue weighted by molar-refractivity contribution is -0.135. The van der Waals surface area contributed by atoms with E-state index in [1.807, 2.05) is 75.8 Å². The lowest BCUT2D eigenvalue weighted by Crippen LogP contribution is -2.50. The van der Waals surface area contributed by atoms with Crippen molar-refractivity contribution in [2.24, 2.45) is 13.0 Å². The molecule has 4 heterocycles. The molecule has 7 aromatic rings. The molecule has 1 saturated carbocycles. The van der Waals surface area contributed by atoms with Crippen LogP contribution < -0.4 is 9.47 Å². The first-order valence-corrected chi connectivity index (χ1v) is 24.1. The van der Waals surface area contributed by atoms with E-state index in [9.17, 15) is 14.7 Å². The zero-order valence-electron chi connectivity index (χ0n) is 39.8. The van der Waals surface area contributed by atoms with Crippen LogP contribution in [0.2, 0.25) is 5.02 Å². The molecule has 14 nitrogen and oxygen atoms in total. The summed E-state index contributed by atoms with van der Waals surface area (Å²) in [5, 5.41) is 18.3. The Hall–Kier alpha value is -6.38. The normalized spacial score (nSPS) is 14.6. The number of piperazine rings is 1. The van der Waals surface area contributed by atoms with E-state index < -0.39 is 11.6 Å². The van der Waals surface area contributed by atoms with Crippen LogP contribution in [0.1, 0.15) is 89.6 Å². The molecular formula is C53H60ClN7O7. The molecule has 9 rings (SSSR count). The van der Waals surface area contributed by atoms with Crippen molar-refractivity contribution in [2.45, 2.75) is 85.3 Å². The molecular weight excluding hydrogens is 882 g/mol. The molecule has 2 N–H and O–H groups in total. The number of carboxylic acid groups (broad SMARTS) is 1. The Morgan fingerprint density at radius 2 is 1.68 bits per heavy atom. The van der Waals surface area contributed by atoms with E-state index in [0.29, 0.717) is 92.2 Å². The van der Waals surface area contributed by atoms with Crippen LogP contribution in [0.5, 0.6) is 11.5 Å². The molecule has 0 radical (unpaired) electrons. The van der Waals surface area contributed by atoms with Crippen molar-refractivity contribution in [3.8, 4) is 22.6 Å². The molecule has 2 aliphatic rings. The van der Waals surface area contributed by atoms with Crippen LogP contribution in [-0.4, -0.2) is 109 Å². The molecule has 0 atom stereocenters. The van der Waals surface area contributed by atoms with Gasteiger partial charge in [0.25, 0.3) is 5.91 Å². The van der Waals surface area contributed by atoms with E-state index in [-0.39, 0.29) is 29.8 Å². The predicted molar refractivity (Wildman–Crippen MR) is 264 cm³/mol. The van der Waals surface area contributed by atoms with Gasteiger partial charge in [0, 0.05) is 80.0 Å². The van der Waals surface area contributed by atoms with Crippen LogP contribution in [-0.2, 0) is 29.5 Å². The predicted octanol–water partition coefficient (Wildman–Crippen LogP) is 9.71. The molecule has 1 amide bonds. The van der Waals surface area contributed by atoms with Gasteiger partial charge in [-0.05, 0) is 95.4 Å². The molecule has 15 heteroatoms. The van der Waals surface area contributed by atoms with E-state index in [1.54, 1.807) is 17.9 Å². The first-order chi connectivity index (χ1) is 32.7. The Morgan fingerprint density at radius 1 is 0.912 bits per heavy atom. The van der Waals surface area contributed by atoms with Crippen LogP contribution >= 0.6 is 11.6 Å². The van der Waals surface area contributed by atoms with Crippen LogP contribution in [0, 0.1) is 26.7 Å².